The fourth-order valence-electron chi connectivity index (χ4n) is 1.99. The van der Waals surface area contributed by atoms with Crippen LogP contribution in [0.5, 0.6) is 0 Å². The van der Waals surface area contributed by atoms with Crippen LogP contribution in [0.25, 0.3) is 0 Å². The number of hydrogen-bond donors (Lipinski definition) is 2. The highest BCUT2D eigenvalue weighted by Gasteiger charge is 2.31. The second-order valence-electron chi connectivity index (χ2n) is 5.38. The first-order valence-electron chi connectivity index (χ1n) is 6.83. The van der Waals surface area contributed by atoms with Gasteiger partial charge in [-0.3, -0.25) is 9.32 Å². The van der Waals surface area contributed by atoms with Gasteiger partial charge in [0.1, 0.15) is 12.2 Å². The molecule has 120 valence electrons. The largest absolute Gasteiger partial charge is 0.469 e. The SMILES string of the molecule is CC(C)CCCCC(=O)C1=C(COP(=O)(O)O)COC1=O. The van der Waals surface area contributed by atoms with Gasteiger partial charge in [-0.1, -0.05) is 26.7 Å². The zero-order valence-corrected chi connectivity index (χ0v) is 13.1. The summed E-state index contributed by atoms with van der Waals surface area (Å²) in [7, 11) is -4.64. The van der Waals surface area contributed by atoms with Gasteiger partial charge in [0, 0.05) is 12.0 Å². The smallest absolute Gasteiger partial charge is 0.457 e. The van der Waals surface area contributed by atoms with Crippen LogP contribution in [0.2, 0.25) is 0 Å². The maximum atomic E-state index is 12.0. The Kier molecular flexibility index (Phi) is 6.74. The lowest BCUT2D eigenvalue weighted by atomic mass is 9.99. The van der Waals surface area contributed by atoms with Crippen molar-refractivity contribution in [1.82, 2.24) is 0 Å². The average molecular weight is 320 g/mol. The number of unbranched alkanes of at least 4 members (excludes halogenated alkanes) is 1. The number of ether oxygens (including phenoxy) is 1. The Morgan fingerprint density at radius 1 is 1.38 bits per heavy atom. The highest BCUT2D eigenvalue weighted by molar-refractivity contribution is 7.46. The standard InChI is InChI=1S/C13H21O7P/c1-9(2)5-3-4-6-11(14)12-10(7-19-13(12)15)8-20-21(16,17)18/h9H,3-8H2,1-2H3,(H2,16,17,18). The molecule has 0 aromatic rings. The van der Waals surface area contributed by atoms with E-state index in [1.165, 1.54) is 0 Å². The second kappa shape index (κ2) is 7.84. The van der Waals surface area contributed by atoms with E-state index in [4.69, 9.17) is 14.5 Å². The minimum atomic E-state index is -4.64. The molecular weight excluding hydrogens is 299 g/mol. The molecule has 0 atom stereocenters. The third-order valence-electron chi connectivity index (χ3n) is 3.06. The molecule has 0 saturated heterocycles. The van der Waals surface area contributed by atoms with Crippen LogP contribution in [-0.2, 0) is 23.4 Å². The first-order valence-corrected chi connectivity index (χ1v) is 8.36. The van der Waals surface area contributed by atoms with Gasteiger partial charge in [0.15, 0.2) is 5.78 Å². The molecule has 0 bridgehead atoms. The minimum Gasteiger partial charge on any atom is -0.457 e. The molecule has 7 nitrogen and oxygen atoms in total. The lowest BCUT2D eigenvalue weighted by molar-refractivity contribution is -0.137. The molecule has 1 aliphatic heterocycles. The van der Waals surface area contributed by atoms with Crippen LogP contribution < -0.4 is 0 Å². The molecule has 0 aromatic carbocycles. The Balaban J connectivity index is 2.59. The minimum absolute atomic E-state index is 0.118. The number of carbonyl (C=O) groups excluding carboxylic acids is 2. The van der Waals surface area contributed by atoms with E-state index in [0.717, 1.165) is 12.8 Å². The quantitative estimate of drug-likeness (QED) is 0.288. The Hall–Kier alpha value is -1.01. The van der Waals surface area contributed by atoms with Crippen molar-refractivity contribution in [2.45, 2.75) is 39.5 Å². The number of ketones is 1. The Morgan fingerprint density at radius 2 is 2.05 bits per heavy atom. The average Bonchev–Trinajstić information content (AvgIpc) is 2.72. The maximum Gasteiger partial charge on any atom is 0.469 e. The van der Waals surface area contributed by atoms with Gasteiger partial charge in [0.2, 0.25) is 0 Å². The number of hydrogen-bond acceptors (Lipinski definition) is 5. The normalized spacial score (nSPS) is 15.8. The van der Waals surface area contributed by atoms with Crippen molar-refractivity contribution >= 4 is 19.6 Å². The van der Waals surface area contributed by atoms with E-state index < -0.39 is 20.4 Å². The second-order valence-corrected chi connectivity index (χ2v) is 6.62. The van der Waals surface area contributed by atoms with E-state index in [1.54, 1.807) is 0 Å². The zero-order chi connectivity index (χ0) is 16.0. The van der Waals surface area contributed by atoms with Gasteiger partial charge in [0.05, 0.1) is 6.61 Å². The van der Waals surface area contributed by atoms with Gasteiger partial charge < -0.3 is 14.5 Å². The summed E-state index contributed by atoms with van der Waals surface area (Å²) in [5, 5.41) is 0. The third-order valence-corrected chi connectivity index (χ3v) is 3.52. The molecule has 0 amide bonds. The number of esters is 1. The van der Waals surface area contributed by atoms with Gasteiger partial charge in [-0.25, -0.2) is 9.36 Å². The monoisotopic (exact) mass is 320 g/mol. The van der Waals surface area contributed by atoms with Gasteiger partial charge in [-0.05, 0) is 12.3 Å². The molecule has 1 aliphatic rings. The summed E-state index contributed by atoms with van der Waals surface area (Å²) in [5.41, 5.74) is 0.0742. The van der Waals surface area contributed by atoms with Crippen molar-refractivity contribution in [1.29, 1.82) is 0 Å². The molecule has 0 aliphatic carbocycles. The summed E-state index contributed by atoms with van der Waals surface area (Å²) in [6.45, 7) is 3.54. The molecule has 21 heavy (non-hydrogen) atoms. The fraction of sp³-hybridized carbons (Fsp3) is 0.692. The van der Waals surface area contributed by atoms with E-state index in [2.05, 4.69) is 18.4 Å². The number of phosphoric acid groups is 1. The van der Waals surface area contributed by atoms with Crippen LogP contribution in [-0.4, -0.2) is 34.8 Å². The van der Waals surface area contributed by atoms with Gasteiger partial charge >= 0.3 is 13.8 Å². The van der Waals surface area contributed by atoms with Crippen molar-refractivity contribution in [3.8, 4) is 0 Å². The van der Waals surface area contributed by atoms with E-state index >= 15 is 0 Å². The third kappa shape index (κ3) is 6.52. The van der Waals surface area contributed by atoms with Crippen molar-refractivity contribution in [2.24, 2.45) is 5.92 Å². The molecule has 8 heteroatoms. The molecule has 0 saturated carbocycles. The Bertz CT molecular complexity index is 475. The molecule has 0 aromatic heterocycles. The highest BCUT2D eigenvalue weighted by atomic mass is 31.2. The predicted octanol–water partition coefficient (Wildman–Crippen LogP) is 1.73. The number of cyclic esters (lactones) is 1. The summed E-state index contributed by atoms with van der Waals surface area (Å²) >= 11 is 0. The van der Waals surface area contributed by atoms with Gasteiger partial charge in [-0.2, -0.15) is 0 Å². The summed E-state index contributed by atoms with van der Waals surface area (Å²) in [4.78, 5) is 40.9. The summed E-state index contributed by atoms with van der Waals surface area (Å²) in [6.07, 6.45) is 2.78. The van der Waals surface area contributed by atoms with Gasteiger partial charge in [0.25, 0.3) is 0 Å². The molecule has 0 radical (unpaired) electrons. The van der Waals surface area contributed by atoms with Crippen molar-refractivity contribution in [2.75, 3.05) is 13.2 Å². The first kappa shape index (κ1) is 18.0. The van der Waals surface area contributed by atoms with E-state index in [1.807, 2.05) is 0 Å². The van der Waals surface area contributed by atoms with Crippen LogP contribution in [0.4, 0.5) is 0 Å². The molecular formula is C13H21O7P. The van der Waals surface area contributed by atoms with Crippen LogP contribution in [0, 0.1) is 5.92 Å². The fourth-order valence-corrected chi connectivity index (χ4v) is 2.32. The van der Waals surface area contributed by atoms with Crippen molar-refractivity contribution in [3.05, 3.63) is 11.1 Å². The lowest BCUT2D eigenvalue weighted by Gasteiger charge is -2.06. The van der Waals surface area contributed by atoms with Crippen LogP contribution in [0.1, 0.15) is 39.5 Å². The number of rotatable bonds is 9. The zero-order valence-electron chi connectivity index (χ0n) is 12.2. The van der Waals surface area contributed by atoms with Crippen molar-refractivity contribution < 1.29 is 33.2 Å². The molecule has 1 rings (SSSR count). The summed E-state index contributed by atoms with van der Waals surface area (Å²) in [6, 6.07) is 0. The Morgan fingerprint density at radius 3 is 2.62 bits per heavy atom. The summed E-state index contributed by atoms with van der Waals surface area (Å²) in [5.74, 6) is -0.540. The molecule has 0 fully saturated rings. The molecule has 1 heterocycles. The maximum absolute atomic E-state index is 12.0. The highest BCUT2D eigenvalue weighted by Crippen LogP contribution is 2.37. The molecule has 2 N–H and O–H groups in total. The predicted molar refractivity (Wildman–Crippen MR) is 74.3 cm³/mol. The number of phosphoric ester groups is 1. The van der Waals surface area contributed by atoms with E-state index in [0.29, 0.717) is 12.3 Å². The Labute approximate surface area is 123 Å². The topological polar surface area (TPSA) is 110 Å². The van der Waals surface area contributed by atoms with Crippen LogP contribution in [0.15, 0.2) is 11.1 Å². The number of Topliss-reactive ketones (excluding diaryl/α,β-unsaturated/α-hetero) is 1. The molecule has 0 unspecified atom stereocenters. The van der Waals surface area contributed by atoms with Crippen molar-refractivity contribution in [3.63, 3.8) is 0 Å². The van der Waals surface area contributed by atoms with E-state index in [-0.39, 0.29) is 30.0 Å². The van der Waals surface area contributed by atoms with Gasteiger partial charge in [-0.15, -0.1) is 0 Å². The van der Waals surface area contributed by atoms with Crippen LogP contribution in [0.3, 0.4) is 0 Å². The number of carbonyl (C=O) groups is 2. The first-order chi connectivity index (χ1) is 9.70. The lowest BCUT2D eigenvalue weighted by Crippen LogP contribution is -2.12. The van der Waals surface area contributed by atoms with E-state index in [9.17, 15) is 14.2 Å². The van der Waals surface area contributed by atoms with Crippen LogP contribution >= 0.6 is 7.82 Å². The molecule has 0 spiro atoms. The summed E-state index contributed by atoms with van der Waals surface area (Å²) < 4.78 is 19.7.